The highest BCUT2D eigenvalue weighted by Gasteiger charge is 2.24. The Labute approximate surface area is 100 Å². The van der Waals surface area contributed by atoms with Gasteiger partial charge in [-0.05, 0) is 12.5 Å². The molecule has 0 aliphatic heterocycles. The van der Waals surface area contributed by atoms with E-state index in [4.69, 9.17) is 9.47 Å². The Balaban J connectivity index is 2.98. The number of hydrogen-bond acceptors (Lipinski definition) is 4. The number of pyridine rings is 1. The molecule has 1 aromatic heterocycles. The van der Waals surface area contributed by atoms with Gasteiger partial charge in [-0.3, -0.25) is 0 Å². The summed E-state index contributed by atoms with van der Waals surface area (Å²) < 4.78 is 23.8. The third-order valence-corrected chi connectivity index (χ3v) is 2.63. The molecule has 1 rings (SSSR count). The van der Waals surface area contributed by atoms with Crippen LogP contribution in [0.2, 0.25) is 0 Å². The van der Waals surface area contributed by atoms with Crippen molar-refractivity contribution in [2.24, 2.45) is 0 Å². The van der Waals surface area contributed by atoms with E-state index >= 15 is 0 Å². The third kappa shape index (κ3) is 3.14. The molecule has 5 heteroatoms. The van der Waals surface area contributed by atoms with E-state index in [0.717, 1.165) is 6.42 Å². The lowest BCUT2D eigenvalue weighted by Gasteiger charge is -2.22. The number of ether oxygens (including phenoxy) is 2. The first-order valence-corrected chi connectivity index (χ1v) is 5.54. The number of aromatic nitrogens is 1. The van der Waals surface area contributed by atoms with E-state index in [0.29, 0.717) is 6.42 Å². The number of nitrogens with zero attached hydrogens (tertiary/aromatic N) is 1. The van der Waals surface area contributed by atoms with Crippen molar-refractivity contribution in [3.8, 4) is 5.88 Å². The third-order valence-electron chi connectivity index (χ3n) is 2.63. The standard InChI is InChI=1S/C12H18FNO3/c1-4-5-9(16-2)11(15)8-6-7-14-12(17-3)10(8)13/h6-7,9,11,15H,4-5H2,1-3H3. The minimum Gasteiger partial charge on any atom is -0.479 e. The highest BCUT2D eigenvalue weighted by Crippen LogP contribution is 2.27. The summed E-state index contributed by atoms with van der Waals surface area (Å²) in [5.74, 6) is -0.756. The average molecular weight is 243 g/mol. The van der Waals surface area contributed by atoms with Crippen molar-refractivity contribution in [1.29, 1.82) is 0 Å². The van der Waals surface area contributed by atoms with Gasteiger partial charge in [-0.25, -0.2) is 9.37 Å². The largest absolute Gasteiger partial charge is 0.479 e. The van der Waals surface area contributed by atoms with Gasteiger partial charge in [-0.15, -0.1) is 0 Å². The molecule has 1 heterocycles. The SMILES string of the molecule is CCCC(OC)C(O)c1ccnc(OC)c1F. The van der Waals surface area contributed by atoms with Crippen LogP contribution >= 0.6 is 0 Å². The monoisotopic (exact) mass is 243 g/mol. The summed E-state index contributed by atoms with van der Waals surface area (Å²) in [5.41, 5.74) is 0.150. The van der Waals surface area contributed by atoms with Gasteiger partial charge in [0.1, 0.15) is 6.10 Å². The minimum atomic E-state index is -1.02. The lowest BCUT2D eigenvalue weighted by atomic mass is 10.0. The molecule has 0 saturated heterocycles. The van der Waals surface area contributed by atoms with Gasteiger partial charge in [-0.1, -0.05) is 13.3 Å². The van der Waals surface area contributed by atoms with Crippen LogP contribution < -0.4 is 4.74 Å². The van der Waals surface area contributed by atoms with E-state index in [1.807, 2.05) is 6.92 Å². The van der Waals surface area contributed by atoms with Gasteiger partial charge < -0.3 is 14.6 Å². The molecule has 0 spiro atoms. The lowest BCUT2D eigenvalue weighted by molar-refractivity contribution is -0.0197. The van der Waals surface area contributed by atoms with Crippen LogP contribution in [0.15, 0.2) is 12.3 Å². The number of halogens is 1. The Hall–Kier alpha value is -1.20. The summed E-state index contributed by atoms with van der Waals surface area (Å²) in [6, 6.07) is 1.43. The van der Waals surface area contributed by atoms with Gasteiger partial charge in [0.05, 0.1) is 13.2 Å². The first-order chi connectivity index (χ1) is 8.15. The van der Waals surface area contributed by atoms with Crippen molar-refractivity contribution in [1.82, 2.24) is 4.98 Å². The van der Waals surface area contributed by atoms with Crippen molar-refractivity contribution in [3.05, 3.63) is 23.6 Å². The molecule has 0 aliphatic carbocycles. The molecule has 1 aromatic rings. The van der Waals surface area contributed by atoms with Crippen LogP contribution in [0.1, 0.15) is 31.4 Å². The smallest absolute Gasteiger partial charge is 0.250 e. The number of rotatable bonds is 6. The maximum atomic E-state index is 13.9. The first kappa shape index (κ1) is 13.9. The van der Waals surface area contributed by atoms with E-state index in [9.17, 15) is 9.50 Å². The molecule has 1 N–H and O–H groups in total. The maximum Gasteiger partial charge on any atom is 0.250 e. The zero-order chi connectivity index (χ0) is 12.8. The molecule has 0 fully saturated rings. The Morgan fingerprint density at radius 3 is 2.71 bits per heavy atom. The zero-order valence-electron chi connectivity index (χ0n) is 10.3. The van der Waals surface area contributed by atoms with E-state index < -0.39 is 18.0 Å². The molecule has 0 radical (unpaired) electrons. The van der Waals surface area contributed by atoms with Crippen LogP contribution in [0.3, 0.4) is 0 Å². The molecular formula is C12H18FNO3. The molecule has 2 atom stereocenters. The van der Waals surface area contributed by atoms with Gasteiger partial charge in [0.25, 0.3) is 0 Å². The number of aliphatic hydroxyl groups excluding tert-OH is 1. The van der Waals surface area contributed by atoms with Crippen LogP contribution in [0.4, 0.5) is 4.39 Å². The minimum absolute atomic E-state index is 0.118. The van der Waals surface area contributed by atoms with Crippen LogP contribution in [0, 0.1) is 5.82 Å². The van der Waals surface area contributed by atoms with Crippen LogP contribution in [-0.2, 0) is 4.74 Å². The molecule has 17 heavy (non-hydrogen) atoms. The molecule has 2 unspecified atom stereocenters. The van der Waals surface area contributed by atoms with E-state index in [1.54, 1.807) is 0 Å². The topological polar surface area (TPSA) is 51.6 Å². The summed E-state index contributed by atoms with van der Waals surface area (Å²) in [6.45, 7) is 1.97. The predicted octanol–water partition coefficient (Wildman–Crippen LogP) is 2.08. The summed E-state index contributed by atoms with van der Waals surface area (Å²) in [6.07, 6.45) is 1.46. The van der Waals surface area contributed by atoms with E-state index in [2.05, 4.69) is 4.98 Å². The molecule has 0 saturated carbocycles. The Morgan fingerprint density at radius 1 is 1.47 bits per heavy atom. The molecule has 4 nitrogen and oxygen atoms in total. The lowest BCUT2D eigenvalue weighted by Crippen LogP contribution is -2.22. The fourth-order valence-corrected chi connectivity index (χ4v) is 1.70. The average Bonchev–Trinajstić information content (AvgIpc) is 2.35. The summed E-state index contributed by atoms with van der Waals surface area (Å²) >= 11 is 0. The predicted molar refractivity (Wildman–Crippen MR) is 61.4 cm³/mol. The van der Waals surface area contributed by atoms with Gasteiger partial charge >= 0.3 is 0 Å². The first-order valence-electron chi connectivity index (χ1n) is 5.54. The summed E-state index contributed by atoms with van der Waals surface area (Å²) in [4.78, 5) is 3.72. The molecule has 0 amide bonds. The number of aliphatic hydroxyl groups is 1. The molecule has 96 valence electrons. The van der Waals surface area contributed by atoms with Gasteiger partial charge in [0.15, 0.2) is 5.82 Å². The molecular weight excluding hydrogens is 225 g/mol. The van der Waals surface area contributed by atoms with Crippen molar-refractivity contribution in [2.45, 2.75) is 32.0 Å². The van der Waals surface area contributed by atoms with E-state index in [1.165, 1.54) is 26.5 Å². The Kier molecular flexibility index (Phi) is 5.31. The fourth-order valence-electron chi connectivity index (χ4n) is 1.70. The normalized spacial score (nSPS) is 14.4. The summed E-state index contributed by atoms with van der Waals surface area (Å²) in [7, 11) is 2.83. The zero-order valence-corrected chi connectivity index (χ0v) is 10.3. The van der Waals surface area contributed by atoms with Crippen molar-refractivity contribution in [3.63, 3.8) is 0 Å². The van der Waals surface area contributed by atoms with Gasteiger partial charge in [0.2, 0.25) is 5.88 Å². The second-order valence-electron chi connectivity index (χ2n) is 3.73. The van der Waals surface area contributed by atoms with Crippen LogP contribution in [0.25, 0.3) is 0 Å². The number of hydrogen-bond donors (Lipinski definition) is 1. The van der Waals surface area contributed by atoms with Crippen molar-refractivity contribution >= 4 is 0 Å². The second kappa shape index (κ2) is 6.51. The summed E-state index contributed by atoms with van der Waals surface area (Å²) in [5, 5.41) is 10.1. The van der Waals surface area contributed by atoms with Crippen molar-refractivity contribution < 1.29 is 19.0 Å². The quantitative estimate of drug-likeness (QED) is 0.831. The highest BCUT2D eigenvalue weighted by molar-refractivity contribution is 5.26. The Bertz CT molecular complexity index is 360. The molecule has 0 aliphatic rings. The highest BCUT2D eigenvalue weighted by atomic mass is 19.1. The van der Waals surface area contributed by atoms with Crippen molar-refractivity contribution in [2.75, 3.05) is 14.2 Å². The second-order valence-corrected chi connectivity index (χ2v) is 3.73. The number of methoxy groups -OCH3 is 2. The fraction of sp³-hybridized carbons (Fsp3) is 0.583. The van der Waals surface area contributed by atoms with Crippen LogP contribution in [0.5, 0.6) is 5.88 Å². The molecule has 0 bridgehead atoms. The van der Waals surface area contributed by atoms with Crippen LogP contribution in [-0.4, -0.2) is 30.4 Å². The van der Waals surface area contributed by atoms with Gasteiger partial charge in [-0.2, -0.15) is 0 Å². The Morgan fingerprint density at radius 2 is 2.18 bits per heavy atom. The molecule has 0 aromatic carbocycles. The van der Waals surface area contributed by atoms with Gasteiger partial charge in [0, 0.05) is 18.9 Å². The van der Waals surface area contributed by atoms with E-state index in [-0.39, 0.29) is 11.4 Å². The maximum absolute atomic E-state index is 13.9.